The number of piperazine rings is 1. The first-order valence-corrected chi connectivity index (χ1v) is 9.98. The average molecular weight is 525 g/mol. The van der Waals surface area contributed by atoms with Gasteiger partial charge in [-0.1, -0.05) is 30.3 Å². The van der Waals surface area contributed by atoms with Gasteiger partial charge in [-0.05, 0) is 36.2 Å². The number of anilines is 1. The van der Waals surface area contributed by atoms with Gasteiger partial charge in [-0.25, -0.2) is 4.39 Å². The number of rotatable bonds is 7. The molecule has 0 saturated carbocycles. The molecule has 3 rings (SSSR count). The average Bonchev–Trinajstić information content (AvgIpc) is 2.75. The number of carbonyl (C=O) groups is 1. The number of amides is 1. The van der Waals surface area contributed by atoms with E-state index in [0.29, 0.717) is 38.6 Å². The molecular formula is C22H29FIN5O. The van der Waals surface area contributed by atoms with Gasteiger partial charge in [0.2, 0.25) is 5.91 Å². The zero-order chi connectivity index (χ0) is 20.5. The summed E-state index contributed by atoms with van der Waals surface area (Å²) in [5.41, 5.74) is 8.10. The van der Waals surface area contributed by atoms with Crippen molar-refractivity contribution in [3.63, 3.8) is 0 Å². The molecule has 3 N–H and O–H groups in total. The predicted molar refractivity (Wildman–Crippen MR) is 130 cm³/mol. The molecule has 0 aliphatic carbocycles. The number of halogens is 2. The van der Waals surface area contributed by atoms with Crippen LogP contribution in [0.15, 0.2) is 59.6 Å². The van der Waals surface area contributed by atoms with E-state index in [9.17, 15) is 9.18 Å². The van der Waals surface area contributed by atoms with Crippen molar-refractivity contribution in [3.8, 4) is 0 Å². The second-order valence-electron chi connectivity index (χ2n) is 7.02. The molecule has 2 aromatic carbocycles. The second-order valence-corrected chi connectivity index (χ2v) is 7.02. The van der Waals surface area contributed by atoms with Gasteiger partial charge in [-0.3, -0.25) is 9.79 Å². The van der Waals surface area contributed by atoms with Crippen molar-refractivity contribution in [2.24, 2.45) is 10.7 Å². The number of nitrogens with zero attached hydrogens (tertiary/aromatic N) is 3. The number of benzene rings is 2. The highest BCUT2D eigenvalue weighted by molar-refractivity contribution is 14.0. The zero-order valence-electron chi connectivity index (χ0n) is 17.0. The van der Waals surface area contributed by atoms with Crippen molar-refractivity contribution < 1.29 is 9.18 Å². The van der Waals surface area contributed by atoms with Crippen LogP contribution in [0.5, 0.6) is 0 Å². The van der Waals surface area contributed by atoms with Gasteiger partial charge in [0.15, 0.2) is 5.96 Å². The summed E-state index contributed by atoms with van der Waals surface area (Å²) < 4.78 is 13.0. The molecule has 0 bridgehead atoms. The third-order valence-electron chi connectivity index (χ3n) is 4.99. The highest BCUT2D eigenvalue weighted by atomic mass is 127. The van der Waals surface area contributed by atoms with Crippen molar-refractivity contribution in [2.75, 3.05) is 44.2 Å². The van der Waals surface area contributed by atoms with E-state index in [1.54, 1.807) is 12.1 Å². The minimum Gasteiger partial charge on any atom is -0.370 e. The van der Waals surface area contributed by atoms with Gasteiger partial charge < -0.3 is 20.9 Å². The smallest absolute Gasteiger partial charge is 0.224 e. The third kappa shape index (κ3) is 7.47. The van der Waals surface area contributed by atoms with E-state index >= 15 is 0 Å². The van der Waals surface area contributed by atoms with Crippen LogP contribution in [0.3, 0.4) is 0 Å². The molecule has 2 aromatic rings. The van der Waals surface area contributed by atoms with Gasteiger partial charge in [-0.15, -0.1) is 24.0 Å². The van der Waals surface area contributed by atoms with E-state index < -0.39 is 0 Å². The minimum absolute atomic E-state index is 0. The first-order chi connectivity index (χ1) is 14.1. The van der Waals surface area contributed by atoms with Crippen LogP contribution in [0.4, 0.5) is 10.1 Å². The van der Waals surface area contributed by atoms with Gasteiger partial charge in [-0.2, -0.15) is 0 Å². The molecule has 1 aliphatic rings. The van der Waals surface area contributed by atoms with Gasteiger partial charge in [0.25, 0.3) is 0 Å². The van der Waals surface area contributed by atoms with Crippen LogP contribution < -0.4 is 16.0 Å². The van der Waals surface area contributed by atoms with E-state index in [1.165, 1.54) is 17.7 Å². The minimum atomic E-state index is -0.239. The molecule has 1 saturated heterocycles. The van der Waals surface area contributed by atoms with Crippen molar-refractivity contribution in [2.45, 2.75) is 12.8 Å². The van der Waals surface area contributed by atoms with E-state index in [2.05, 4.69) is 27.3 Å². The monoisotopic (exact) mass is 525 g/mol. The van der Waals surface area contributed by atoms with Gasteiger partial charge in [0.05, 0.1) is 6.54 Å². The first kappa shape index (κ1) is 23.9. The lowest BCUT2D eigenvalue weighted by atomic mass is 10.1. The maximum Gasteiger partial charge on any atom is 0.224 e. The summed E-state index contributed by atoms with van der Waals surface area (Å²) in [6, 6.07) is 16.6. The Hall–Kier alpha value is -2.36. The Balaban J connectivity index is 0.00000320. The molecule has 1 fully saturated rings. The number of hydrogen-bond acceptors (Lipinski definition) is 3. The summed E-state index contributed by atoms with van der Waals surface area (Å²) in [5.74, 6) is 0.219. The standard InChI is InChI=1S/C22H28FN5O.HI/c23-19-6-8-20(9-7-19)27-14-16-28(17-15-27)21(29)11-13-26-22(24)25-12-10-18-4-2-1-3-5-18;/h1-9H,10-17H2,(H3,24,25,26);1H. The molecular weight excluding hydrogens is 496 g/mol. The number of hydrogen-bond donors (Lipinski definition) is 2. The molecule has 162 valence electrons. The predicted octanol–water partition coefficient (Wildman–Crippen LogP) is 2.63. The summed E-state index contributed by atoms with van der Waals surface area (Å²) in [6.07, 6.45) is 1.21. The third-order valence-corrected chi connectivity index (χ3v) is 4.99. The summed E-state index contributed by atoms with van der Waals surface area (Å²) in [4.78, 5) is 20.7. The van der Waals surface area contributed by atoms with Gasteiger partial charge >= 0.3 is 0 Å². The van der Waals surface area contributed by atoms with Crippen molar-refractivity contribution in [3.05, 3.63) is 66.0 Å². The lowest BCUT2D eigenvalue weighted by Crippen LogP contribution is -2.49. The summed E-state index contributed by atoms with van der Waals surface area (Å²) in [7, 11) is 0. The molecule has 0 atom stereocenters. The van der Waals surface area contributed by atoms with Crippen LogP contribution in [0.25, 0.3) is 0 Å². The molecule has 1 heterocycles. The van der Waals surface area contributed by atoms with E-state index in [4.69, 9.17) is 5.73 Å². The fourth-order valence-electron chi connectivity index (χ4n) is 3.33. The number of nitrogens with one attached hydrogen (secondary N) is 1. The van der Waals surface area contributed by atoms with Gasteiger partial charge in [0, 0.05) is 44.8 Å². The molecule has 0 radical (unpaired) electrons. The second kappa shape index (κ2) is 12.4. The highest BCUT2D eigenvalue weighted by Crippen LogP contribution is 2.17. The fraction of sp³-hybridized carbons (Fsp3) is 0.364. The Morgan fingerprint density at radius 1 is 1.03 bits per heavy atom. The molecule has 30 heavy (non-hydrogen) atoms. The highest BCUT2D eigenvalue weighted by Gasteiger charge is 2.20. The lowest BCUT2D eigenvalue weighted by Gasteiger charge is -2.36. The van der Waals surface area contributed by atoms with Crippen LogP contribution in [0, 0.1) is 5.82 Å². The maximum absolute atomic E-state index is 13.0. The molecule has 0 unspecified atom stereocenters. The molecule has 0 aromatic heterocycles. The van der Waals surface area contributed by atoms with E-state index in [1.807, 2.05) is 23.1 Å². The summed E-state index contributed by atoms with van der Waals surface area (Å²) in [6.45, 7) is 3.88. The van der Waals surface area contributed by atoms with Crippen molar-refractivity contribution in [1.82, 2.24) is 10.2 Å². The molecule has 1 amide bonds. The van der Waals surface area contributed by atoms with Crippen LogP contribution >= 0.6 is 24.0 Å². The fourth-order valence-corrected chi connectivity index (χ4v) is 3.33. The normalized spacial score (nSPS) is 14.2. The molecule has 0 spiro atoms. The van der Waals surface area contributed by atoms with Crippen molar-refractivity contribution >= 4 is 41.5 Å². The molecule has 1 aliphatic heterocycles. The van der Waals surface area contributed by atoms with Crippen LogP contribution in [0.1, 0.15) is 12.0 Å². The maximum atomic E-state index is 13.0. The number of nitrogens with two attached hydrogens (primary N) is 1. The number of aliphatic imine (C=N–C) groups is 1. The Morgan fingerprint density at radius 3 is 2.37 bits per heavy atom. The van der Waals surface area contributed by atoms with E-state index in [-0.39, 0.29) is 35.7 Å². The van der Waals surface area contributed by atoms with Crippen LogP contribution in [-0.2, 0) is 11.2 Å². The van der Waals surface area contributed by atoms with E-state index in [0.717, 1.165) is 25.2 Å². The number of guanidine groups is 1. The zero-order valence-corrected chi connectivity index (χ0v) is 19.3. The number of carbonyl (C=O) groups excluding carboxylic acids is 1. The van der Waals surface area contributed by atoms with Gasteiger partial charge in [0.1, 0.15) is 5.82 Å². The summed E-state index contributed by atoms with van der Waals surface area (Å²) >= 11 is 0. The van der Waals surface area contributed by atoms with Crippen LogP contribution in [-0.4, -0.2) is 56.0 Å². The Morgan fingerprint density at radius 2 is 1.70 bits per heavy atom. The SMILES string of the molecule is I.NC(=NCCC(=O)N1CCN(c2ccc(F)cc2)CC1)NCCc1ccccc1. The Labute approximate surface area is 194 Å². The van der Waals surface area contributed by atoms with Crippen molar-refractivity contribution in [1.29, 1.82) is 0 Å². The quantitative estimate of drug-likeness (QED) is 0.331. The van der Waals surface area contributed by atoms with Crippen LogP contribution in [0.2, 0.25) is 0 Å². The Kier molecular flexibility index (Phi) is 9.85. The lowest BCUT2D eigenvalue weighted by molar-refractivity contribution is -0.131. The summed E-state index contributed by atoms with van der Waals surface area (Å²) in [5, 5.41) is 3.08. The first-order valence-electron chi connectivity index (χ1n) is 9.98. The Bertz CT molecular complexity index is 808. The molecule has 6 nitrogen and oxygen atoms in total. The topological polar surface area (TPSA) is 74.0 Å². The largest absolute Gasteiger partial charge is 0.370 e. The molecule has 8 heteroatoms.